The lowest BCUT2D eigenvalue weighted by molar-refractivity contribution is 0.0587. The van der Waals surface area contributed by atoms with Crippen LogP contribution in [0, 0.1) is 0 Å². The van der Waals surface area contributed by atoms with E-state index in [1.54, 1.807) is 0 Å². The zero-order chi connectivity index (χ0) is 21.5. The van der Waals surface area contributed by atoms with Crippen molar-refractivity contribution in [1.82, 2.24) is 9.97 Å². The van der Waals surface area contributed by atoms with Crippen LogP contribution < -0.4 is 14.4 Å². The van der Waals surface area contributed by atoms with Crippen molar-refractivity contribution >= 4 is 11.9 Å². The van der Waals surface area contributed by atoms with E-state index < -0.39 is 5.97 Å². The lowest BCUT2D eigenvalue weighted by Crippen LogP contribution is -2.22. The van der Waals surface area contributed by atoms with Crippen LogP contribution in [0.4, 0.5) is 5.95 Å². The Morgan fingerprint density at radius 2 is 1.32 bits per heavy atom. The summed E-state index contributed by atoms with van der Waals surface area (Å²) in [6.07, 6.45) is 2.14. The normalized spacial score (nSPS) is 13.1. The van der Waals surface area contributed by atoms with Crippen molar-refractivity contribution in [2.75, 3.05) is 25.1 Å². The molecule has 4 rings (SSSR count). The molecule has 0 unspecified atom stereocenters. The zero-order valence-electron chi connectivity index (χ0n) is 17.5. The maximum atomic E-state index is 12.6. The largest absolute Gasteiger partial charge is 0.472 e. The first-order valence-corrected chi connectivity index (χ1v) is 10.3. The topological polar surface area (TPSA) is 73.8 Å². The first-order valence-electron chi connectivity index (χ1n) is 10.3. The van der Waals surface area contributed by atoms with Crippen LogP contribution in [0.25, 0.3) is 0 Å². The molecule has 1 fully saturated rings. The van der Waals surface area contributed by atoms with Crippen LogP contribution in [0.1, 0.15) is 34.3 Å². The molecule has 1 aliphatic rings. The molecule has 2 aromatic carbocycles. The highest BCUT2D eigenvalue weighted by Crippen LogP contribution is 2.31. The van der Waals surface area contributed by atoms with Gasteiger partial charge in [-0.2, -0.15) is 9.97 Å². The van der Waals surface area contributed by atoms with E-state index in [4.69, 9.17) is 14.2 Å². The molecule has 0 aliphatic carbocycles. The molecule has 2 heterocycles. The Morgan fingerprint density at radius 3 is 1.77 bits per heavy atom. The number of aromatic nitrogens is 2. The van der Waals surface area contributed by atoms with E-state index in [9.17, 15) is 4.79 Å². The highest BCUT2D eigenvalue weighted by Gasteiger charge is 2.27. The first-order chi connectivity index (χ1) is 15.2. The first kappa shape index (κ1) is 20.7. The van der Waals surface area contributed by atoms with Crippen molar-refractivity contribution in [3.63, 3.8) is 0 Å². The van der Waals surface area contributed by atoms with Crippen molar-refractivity contribution in [3.05, 3.63) is 77.4 Å². The van der Waals surface area contributed by atoms with Crippen molar-refractivity contribution in [1.29, 1.82) is 0 Å². The Hall–Kier alpha value is -3.61. The summed E-state index contributed by atoms with van der Waals surface area (Å²) in [6, 6.07) is 19.4. The van der Waals surface area contributed by atoms with E-state index in [0.29, 0.717) is 5.95 Å². The Bertz CT molecular complexity index is 941. The van der Waals surface area contributed by atoms with Gasteiger partial charge in [0, 0.05) is 13.1 Å². The highest BCUT2D eigenvalue weighted by molar-refractivity contribution is 5.94. The maximum Gasteiger partial charge on any atom is 0.349 e. The Morgan fingerprint density at radius 1 is 0.839 bits per heavy atom. The average Bonchev–Trinajstić information content (AvgIpc) is 3.37. The summed E-state index contributed by atoms with van der Waals surface area (Å²) in [5.74, 6) is 0.224. The van der Waals surface area contributed by atoms with E-state index in [0.717, 1.165) is 37.1 Å². The number of hydrogen-bond acceptors (Lipinski definition) is 7. The summed E-state index contributed by atoms with van der Waals surface area (Å²) in [5.41, 5.74) is 2.02. The van der Waals surface area contributed by atoms with Gasteiger partial charge in [-0.3, -0.25) is 0 Å². The molecule has 160 valence electrons. The fourth-order valence-electron chi connectivity index (χ4n) is 3.41. The van der Waals surface area contributed by atoms with Gasteiger partial charge in [-0.05, 0) is 24.0 Å². The molecule has 0 spiro atoms. The third-order valence-corrected chi connectivity index (χ3v) is 5.05. The molecule has 0 saturated carbocycles. The van der Waals surface area contributed by atoms with Gasteiger partial charge in [0.1, 0.15) is 13.2 Å². The van der Waals surface area contributed by atoms with E-state index in [-0.39, 0.29) is 30.5 Å². The van der Waals surface area contributed by atoms with Crippen LogP contribution in [0.2, 0.25) is 0 Å². The van der Waals surface area contributed by atoms with Crippen molar-refractivity contribution in [3.8, 4) is 11.8 Å². The summed E-state index contributed by atoms with van der Waals surface area (Å²) in [4.78, 5) is 23.8. The number of carbonyl (C=O) groups excluding carboxylic acids is 1. The summed E-state index contributed by atoms with van der Waals surface area (Å²) >= 11 is 0. The minimum absolute atomic E-state index is 0.0947. The molecule has 3 aromatic rings. The number of nitrogens with zero attached hydrogens (tertiary/aromatic N) is 3. The third kappa shape index (κ3) is 5.12. The van der Waals surface area contributed by atoms with Crippen LogP contribution >= 0.6 is 0 Å². The molecule has 0 radical (unpaired) electrons. The maximum absolute atomic E-state index is 12.6. The smallest absolute Gasteiger partial charge is 0.349 e. The Balaban J connectivity index is 1.68. The monoisotopic (exact) mass is 419 g/mol. The number of anilines is 1. The number of methoxy groups -OCH3 is 1. The summed E-state index contributed by atoms with van der Waals surface area (Å²) < 4.78 is 17.0. The second kappa shape index (κ2) is 9.93. The molecule has 7 nitrogen and oxygen atoms in total. The van der Waals surface area contributed by atoms with Gasteiger partial charge in [0.25, 0.3) is 0 Å². The van der Waals surface area contributed by atoms with Gasteiger partial charge in [0.05, 0.1) is 7.11 Å². The van der Waals surface area contributed by atoms with Gasteiger partial charge in [0.15, 0.2) is 5.56 Å². The highest BCUT2D eigenvalue weighted by atomic mass is 16.5. The van der Waals surface area contributed by atoms with E-state index in [1.807, 2.05) is 60.7 Å². The molecule has 1 aliphatic heterocycles. The second-order valence-corrected chi connectivity index (χ2v) is 7.24. The van der Waals surface area contributed by atoms with Gasteiger partial charge in [-0.1, -0.05) is 60.7 Å². The predicted molar refractivity (Wildman–Crippen MR) is 116 cm³/mol. The number of carbonyl (C=O) groups is 1. The van der Waals surface area contributed by atoms with Gasteiger partial charge in [-0.15, -0.1) is 0 Å². The minimum Gasteiger partial charge on any atom is -0.472 e. The molecule has 0 N–H and O–H groups in total. The van der Waals surface area contributed by atoms with Crippen LogP contribution in [-0.4, -0.2) is 36.1 Å². The van der Waals surface area contributed by atoms with Crippen molar-refractivity contribution < 1.29 is 19.0 Å². The number of esters is 1. The molecular formula is C24H25N3O4. The van der Waals surface area contributed by atoms with Crippen LogP contribution in [0.3, 0.4) is 0 Å². The van der Waals surface area contributed by atoms with E-state index >= 15 is 0 Å². The number of benzene rings is 2. The van der Waals surface area contributed by atoms with Gasteiger partial charge in [0.2, 0.25) is 17.7 Å². The molecule has 1 saturated heterocycles. The lowest BCUT2D eigenvalue weighted by Gasteiger charge is -2.19. The Labute approximate surface area is 181 Å². The van der Waals surface area contributed by atoms with E-state index in [2.05, 4.69) is 14.9 Å². The summed E-state index contributed by atoms with van der Waals surface area (Å²) in [7, 11) is 1.32. The lowest BCUT2D eigenvalue weighted by atomic mass is 10.2. The minimum atomic E-state index is -0.598. The molecule has 0 bridgehead atoms. The summed E-state index contributed by atoms with van der Waals surface area (Å²) in [5, 5.41) is 0. The van der Waals surface area contributed by atoms with Crippen LogP contribution in [0.5, 0.6) is 11.8 Å². The van der Waals surface area contributed by atoms with Gasteiger partial charge < -0.3 is 19.1 Å². The second-order valence-electron chi connectivity index (χ2n) is 7.24. The SMILES string of the molecule is COC(=O)c1c(OCc2ccccc2)nc(N2CCCC2)nc1OCc1ccccc1. The van der Waals surface area contributed by atoms with Crippen LogP contribution in [0.15, 0.2) is 60.7 Å². The van der Waals surface area contributed by atoms with Crippen molar-refractivity contribution in [2.45, 2.75) is 26.1 Å². The Kier molecular flexibility index (Phi) is 6.62. The number of hydrogen-bond donors (Lipinski definition) is 0. The molecule has 0 atom stereocenters. The van der Waals surface area contributed by atoms with E-state index in [1.165, 1.54) is 7.11 Å². The average molecular weight is 419 g/mol. The molecule has 1 aromatic heterocycles. The van der Waals surface area contributed by atoms with Gasteiger partial charge in [-0.25, -0.2) is 4.79 Å². The summed E-state index contributed by atoms with van der Waals surface area (Å²) in [6.45, 7) is 2.24. The molecule has 7 heteroatoms. The van der Waals surface area contributed by atoms with Crippen molar-refractivity contribution in [2.24, 2.45) is 0 Å². The standard InChI is InChI=1S/C24H25N3O4/c1-29-23(28)20-21(30-16-18-10-4-2-5-11-18)25-24(27-14-8-9-15-27)26-22(20)31-17-19-12-6-3-7-13-19/h2-7,10-13H,8-9,14-17H2,1H3. The molecule has 31 heavy (non-hydrogen) atoms. The fourth-order valence-corrected chi connectivity index (χ4v) is 3.41. The fraction of sp³-hybridized carbons (Fsp3) is 0.292. The van der Waals surface area contributed by atoms with Gasteiger partial charge >= 0.3 is 5.97 Å². The zero-order valence-corrected chi connectivity index (χ0v) is 17.5. The predicted octanol–water partition coefficient (Wildman–Crippen LogP) is 4.02. The molecule has 0 amide bonds. The quantitative estimate of drug-likeness (QED) is 0.511. The molecular weight excluding hydrogens is 394 g/mol. The third-order valence-electron chi connectivity index (χ3n) is 5.05. The van der Waals surface area contributed by atoms with Crippen LogP contribution in [-0.2, 0) is 18.0 Å². The number of ether oxygens (including phenoxy) is 3. The number of rotatable bonds is 8.